The summed E-state index contributed by atoms with van der Waals surface area (Å²) in [5.41, 5.74) is 0. The molecule has 1 aliphatic rings. The molecule has 0 aromatic rings. The smallest absolute Gasteiger partial charge is 0.332 e. The molecule has 0 aromatic carbocycles. The van der Waals surface area contributed by atoms with E-state index in [1.165, 1.54) is 45.6 Å². The summed E-state index contributed by atoms with van der Waals surface area (Å²) in [5, 5.41) is 0. The van der Waals surface area contributed by atoms with E-state index in [4.69, 9.17) is 0 Å². The average Bonchev–Trinajstić information content (AvgIpc) is 2.30. The molecule has 0 radical (unpaired) electrons. The van der Waals surface area contributed by atoms with Crippen LogP contribution in [0.3, 0.4) is 0 Å². The zero-order valence-corrected chi connectivity index (χ0v) is 10.1. The van der Waals surface area contributed by atoms with Gasteiger partial charge in [-0.05, 0) is 6.42 Å². The van der Waals surface area contributed by atoms with Crippen molar-refractivity contribution in [2.75, 3.05) is 20.3 Å². The molecule has 0 saturated heterocycles. The van der Waals surface area contributed by atoms with Crippen LogP contribution in [0.15, 0.2) is 0 Å². The van der Waals surface area contributed by atoms with Crippen LogP contribution in [0.4, 0.5) is 0 Å². The van der Waals surface area contributed by atoms with Crippen LogP contribution in [-0.2, 0) is 14.3 Å². The third kappa shape index (κ3) is 11.4. The Balaban J connectivity index is 0.000000280. The lowest BCUT2D eigenvalue weighted by atomic mass is 10.0. The van der Waals surface area contributed by atoms with Crippen LogP contribution in [0.2, 0.25) is 0 Å². The van der Waals surface area contributed by atoms with E-state index in [1.807, 2.05) is 6.92 Å². The zero-order valence-electron chi connectivity index (χ0n) is 10.1. The van der Waals surface area contributed by atoms with Gasteiger partial charge in [0.25, 0.3) is 0 Å². The molecular weight excluding hydrogens is 192 g/mol. The SMILES string of the molecule is C1CCCCC1.CCCOC(=O)COC. The second-order valence-corrected chi connectivity index (χ2v) is 3.77. The van der Waals surface area contributed by atoms with Crippen molar-refractivity contribution in [3.63, 3.8) is 0 Å². The van der Waals surface area contributed by atoms with Crippen molar-refractivity contribution in [3.05, 3.63) is 0 Å². The summed E-state index contributed by atoms with van der Waals surface area (Å²) < 4.78 is 9.19. The van der Waals surface area contributed by atoms with Crippen molar-refractivity contribution in [3.8, 4) is 0 Å². The van der Waals surface area contributed by atoms with Gasteiger partial charge in [-0.25, -0.2) is 4.79 Å². The van der Waals surface area contributed by atoms with Crippen LogP contribution in [0.25, 0.3) is 0 Å². The summed E-state index contributed by atoms with van der Waals surface area (Å²) in [5.74, 6) is -0.292. The Morgan fingerprint density at radius 3 is 1.87 bits per heavy atom. The first-order valence-electron chi connectivity index (χ1n) is 5.95. The molecule has 1 rings (SSSR count). The topological polar surface area (TPSA) is 35.5 Å². The quantitative estimate of drug-likeness (QED) is 0.678. The highest BCUT2D eigenvalue weighted by Crippen LogP contribution is 2.15. The first kappa shape index (κ1) is 14.4. The van der Waals surface area contributed by atoms with Crippen molar-refractivity contribution >= 4 is 5.97 Å². The lowest BCUT2D eigenvalue weighted by Crippen LogP contribution is -2.11. The standard InChI is InChI=1S/C6H12O3.C6H12/c1-3-4-9-6(7)5-8-2;1-2-4-6-5-3-1/h3-5H2,1-2H3;1-6H2. The van der Waals surface area contributed by atoms with Crippen LogP contribution >= 0.6 is 0 Å². The van der Waals surface area contributed by atoms with Gasteiger partial charge >= 0.3 is 5.97 Å². The number of methoxy groups -OCH3 is 1. The Kier molecular flexibility index (Phi) is 11.1. The second kappa shape index (κ2) is 11.5. The summed E-state index contributed by atoms with van der Waals surface area (Å²) in [7, 11) is 1.47. The highest BCUT2D eigenvalue weighted by molar-refractivity contribution is 5.70. The normalized spacial score (nSPS) is 15.1. The van der Waals surface area contributed by atoms with E-state index in [0.29, 0.717) is 6.61 Å². The Morgan fingerprint density at radius 1 is 1.07 bits per heavy atom. The molecule has 3 nitrogen and oxygen atoms in total. The van der Waals surface area contributed by atoms with Gasteiger partial charge < -0.3 is 9.47 Å². The fourth-order valence-electron chi connectivity index (χ4n) is 1.44. The monoisotopic (exact) mass is 216 g/mol. The van der Waals surface area contributed by atoms with Crippen LogP contribution in [0.5, 0.6) is 0 Å². The van der Waals surface area contributed by atoms with E-state index in [0.717, 1.165) is 6.42 Å². The van der Waals surface area contributed by atoms with Crippen molar-refractivity contribution in [1.29, 1.82) is 0 Å². The Morgan fingerprint density at radius 2 is 1.53 bits per heavy atom. The molecule has 0 spiro atoms. The van der Waals surface area contributed by atoms with E-state index in [9.17, 15) is 4.79 Å². The molecule has 15 heavy (non-hydrogen) atoms. The summed E-state index contributed by atoms with van der Waals surface area (Å²) in [6.45, 7) is 2.49. The summed E-state index contributed by atoms with van der Waals surface area (Å²) in [4.78, 5) is 10.5. The van der Waals surface area contributed by atoms with Gasteiger partial charge in [-0.15, -0.1) is 0 Å². The zero-order chi connectivity index (χ0) is 11.4. The maximum Gasteiger partial charge on any atom is 0.332 e. The third-order valence-corrected chi connectivity index (χ3v) is 2.23. The molecule has 1 fully saturated rings. The molecule has 1 aliphatic carbocycles. The van der Waals surface area contributed by atoms with E-state index in [1.54, 1.807) is 0 Å². The molecule has 0 atom stereocenters. The van der Waals surface area contributed by atoms with Gasteiger partial charge in [0.2, 0.25) is 0 Å². The summed E-state index contributed by atoms with van der Waals surface area (Å²) >= 11 is 0. The van der Waals surface area contributed by atoms with Gasteiger partial charge in [0.15, 0.2) is 0 Å². The number of hydrogen-bond acceptors (Lipinski definition) is 3. The summed E-state index contributed by atoms with van der Waals surface area (Å²) in [6.07, 6.45) is 9.86. The van der Waals surface area contributed by atoms with Gasteiger partial charge in [-0.2, -0.15) is 0 Å². The predicted octanol–water partition coefficient (Wildman–Crippen LogP) is 2.93. The predicted molar refractivity (Wildman–Crippen MR) is 60.8 cm³/mol. The molecule has 0 amide bonds. The van der Waals surface area contributed by atoms with Crippen molar-refractivity contribution in [2.45, 2.75) is 51.9 Å². The first-order chi connectivity index (χ1) is 7.31. The maximum atomic E-state index is 10.5. The van der Waals surface area contributed by atoms with Crippen LogP contribution in [0.1, 0.15) is 51.9 Å². The minimum atomic E-state index is -0.292. The van der Waals surface area contributed by atoms with Crippen LogP contribution in [0, 0.1) is 0 Å². The second-order valence-electron chi connectivity index (χ2n) is 3.77. The highest BCUT2D eigenvalue weighted by atomic mass is 16.6. The molecular formula is C12H24O3. The lowest BCUT2D eigenvalue weighted by Gasteiger charge is -2.05. The van der Waals surface area contributed by atoms with E-state index < -0.39 is 0 Å². The van der Waals surface area contributed by atoms with E-state index in [2.05, 4.69) is 9.47 Å². The molecule has 0 unspecified atom stereocenters. The van der Waals surface area contributed by atoms with Crippen LogP contribution < -0.4 is 0 Å². The molecule has 0 N–H and O–H groups in total. The number of carbonyl (C=O) groups excluding carboxylic acids is 1. The number of carbonyl (C=O) groups is 1. The van der Waals surface area contributed by atoms with Crippen molar-refractivity contribution in [1.82, 2.24) is 0 Å². The lowest BCUT2D eigenvalue weighted by molar-refractivity contribution is -0.147. The molecule has 0 aliphatic heterocycles. The Hall–Kier alpha value is -0.570. The number of ether oxygens (including phenoxy) is 2. The molecule has 0 heterocycles. The van der Waals surface area contributed by atoms with Crippen molar-refractivity contribution < 1.29 is 14.3 Å². The number of hydrogen-bond donors (Lipinski definition) is 0. The van der Waals surface area contributed by atoms with Crippen molar-refractivity contribution in [2.24, 2.45) is 0 Å². The Bertz CT molecular complexity index is 130. The summed E-state index contributed by atoms with van der Waals surface area (Å²) in [6, 6.07) is 0. The largest absolute Gasteiger partial charge is 0.464 e. The van der Waals surface area contributed by atoms with Gasteiger partial charge in [0.1, 0.15) is 6.61 Å². The number of rotatable bonds is 4. The first-order valence-corrected chi connectivity index (χ1v) is 5.95. The average molecular weight is 216 g/mol. The van der Waals surface area contributed by atoms with Crippen LogP contribution in [-0.4, -0.2) is 26.3 Å². The molecule has 0 bridgehead atoms. The number of esters is 1. The minimum Gasteiger partial charge on any atom is -0.464 e. The van der Waals surface area contributed by atoms with Gasteiger partial charge in [0, 0.05) is 7.11 Å². The third-order valence-electron chi connectivity index (χ3n) is 2.23. The fourth-order valence-corrected chi connectivity index (χ4v) is 1.44. The Labute approximate surface area is 93.1 Å². The molecule has 1 saturated carbocycles. The fraction of sp³-hybridized carbons (Fsp3) is 0.917. The van der Waals surface area contributed by atoms with Gasteiger partial charge in [0.05, 0.1) is 6.61 Å². The van der Waals surface area contributed by atoms with Gasteiger partial charge in [-0.3, -0.25) is 0 Å². The molecule has 90 valence electrons. The molecule has 0 aromatic heterocycles. The van der Waals surface area contributed by atoms with Gasteiger partial charge in [-0.1, -0.05) is 45.4 Å². The molecule has 3 heteroatoms. The minimum absolute atomic E-state index is 0.0556. The van der Waals surface area contributed by atoms with E-state index in [-0.39, 0.29) is 12.6 Å². The van der Waals surface area contributed by atoms with E-state index >= 15 is 0 Å². The highest BCUT2D eigenvalue weighted by Gasteiger charge is 1.97. The maximum absolute atomic E-state index is 10.5.